The number of benzene rings is 2. The van der Waals surface area contributed by atoms with Crippen LogP contribution in [0.4, 0.5) is 4.39 Å². The first kappa shape index (κ1) is 20.4. The molecule has 0 spiro atoms. The van der Waals surface area contributed by atoms with Crippen molar-refractivity contribution in [3.63, 3.8) is 0 Å². The van der Waals surface area contributed by atoms with Crippen LogP contribution in [0.5, 0.6) is 0 Å². The van der Waals surface area contributed by atoms with Crippen molar-refractivity contribution >= 4 is 28.2 Å². The van der Waals surface area contributed by atoms with Crippen molar-refractivity contribution in [1.82, 2.24) is 19.2 Å². The van der Waals surface area contributed by atoms with Crippen LogP contribution >= 0.6 is 11.6 Å². The van der Waals surface area contributed by atoms with Crippen LogP contribution in [-0.2, 0) is 17.9 Å². The molecule has 0 saturated heterocycles. The van der Waals surface area contributed by atoms with E-state index in [4.69, 9.17) is 16.3 Å². The Hall–Kier alpha value is -3.55. The monoisotopic (exact) mass is 448 g/mol. The fraction of sp³-hybridized carbons (Fsp3) is 0.125. The van der Waals surface area contributed by atoms with Gasteiger partial charge in [0.2, 0.25) is 0 Å². The second kappa shape index (κ2) is 8.18. The summed E-state index contributed by atoms with van der Waals surface area (Å²) in [7, 11) is 1.58. The number of fused-ring (bicyclic) bond motifs is 3. The molecule has 3 heterocycles. The number of methoxy groups -OCH3 is 1. The Kier molecular flexibility index (Phi) is 5.20. The number of hydrogen-bond acceptors (Lipinski definition) is 4. The Morgan fingerprint density at radius 3 is 2.62 bits per heavy atom. The van der Waals surface area contributed by atoms with Gasteiger partial charge in [0.25, 0.3) is 5.56 Å². The van der Waals surface area contributed by atoms with Gasteiger partial charge in [0.1, 0.15) is 5.82 Å². The average molecular weight is 449 g/mol. The lowest BCUT2D eigenvalue weighted by Crippen LogP contribution is -2.21. The first-order valence-corrected chi connectivity index (χ1v) is 10.3. The van der Waals surface area contributed by atoms with Crippen LogP contribution in [0, 0.1) is 5.82 Å². The third-order valence-electron chi connectivity index (χ3n) is 5.37. The summed E-state index contributed by atoms with van der Waals surface area (Å²) in [6.45, 7) is 0.600. The molecule has 5 rings (SSSR count). The highest BCUT2D eigenvalue weighted by atomic mass is 35.5. The Morgan fingerprint density at radius 2 is 1.88 bits per heavy atom. The van der Waals surface area contributed by atoms with E-state index >= 15 is 0 Å². The molecular formula is C24H18ClFN4O2. The van der Waals surface area contributed by atoms with E-state index in [0.29, 0.717) is 33.8 Å². The zero-order valence-electron chi connectivity index (χ0n) is 17.1. The molecule has 0 N–H and O–H groups in total. The van der Waals surface area contributed by atoms with Gasteiger partial charge < -0.3 is 9.30 Å². The van der Waals surface area contributed by atoms with Crippen molar-refractivity contribution < 1.29 is 9.13 Å². The molecule has 0 radical (unpaired) electrons. The van der Waals surface area contributed by atoms with Crippen molar-refractivity contribution in [1.29, 1.82) is 0 Å². The van der Waals surface area contributed by atoms with Gasteiger partial charge in [-0.25, -0.2) is 13.9 Å². The maximum absolute atomic E-state index is 13.5. The molecule has 2 aromatic carbocycles. The maximum atomic E-state index is 13.5. The number of halogens is 2. The third-order valence-corrected chi connectivity index (χ3v) is 5.74. The van der Waals surface area contributed by atoms with E-state index in [-0.39, 0.29) is 18.0 Å². The highest BCUT2D eigenvalue weighted by Gasteiger charge is 2.19. The summed E-state index contributed by atoms with van der Waals surface area (Å²) in [4.78, 5) is 17.7. The van der Waals surface area contributed by atoms with Gasteiger partial charge >= 0.3 is 0 Å². The molecule has 160 valence electrons. The minimum Gasteiger partial charge on any atom is -0.378 e. The Labute approximate surface area is 187 Å². The fourth-order valence-electron chi connectivity index (χ4n) is 3.84. The van der Waals surface area contributed by atoms with E-state index in [0.717, 1.165) is 16.7 Å². The largest absolute Gasteiger partial charge is 0.378 e. The number of aromatic nitrogens is 4. The smallest absolute Gasteiger partial charge is 0.261 e. The number of nitrogens with zero attached hydrogens (tertiary/aromatic N) is 4. The standard InChI is InChI=1S/C24H18ClFN4O2/c1-32-14-20-22(15-6-8-17(26)9-7-15)23-27-12-18-21(30(23)28-20)10-11-29(24(18)31)13-16-4-2-3-5-19(16)25/h2-12H,13-14H2,1H3. The van der Waals surface area contributed by atoms with Crippen LogP contribution in [0.15, 0.2) is 71.8 Å². The van der Waals surface area contributed by atoms with Crippen molar-refractivity contribution in [3.05, 3.63) is 99.4 Å². The second-order valence-electron chi connectivity index (χ2n) is 7.39. The molecule has 3 aromatic heterocycles. The van der Waals surface area contributed by atoms with E-state index in [2.05, 4.69) is 10.1 Å². The summed E-state index contributed by atoms with van der Waals surface area (Å²) in [5.74, 6) is -0.323. The first-order valence-electron chi connectivity index (χ1n) is 9.95. The number of rotatable bonds is 5. The topological polar surface area (TPSA) is 61.4 Å². The van der Waals surface area contributed by atoms with Gasteiger partial charge in [-0.05, 0) is 35.4 Å². The highest BCUT2D eigenvalue weighted by Crippen LogP contribution is 2.29. The summed E-state index contributed by atoms with van der Waals surface area (Å²) in [5, 5.41) is 5.70. The van der Waals surface area contributed by atoms with Gasteiger partial charge in [0, 0.05) is 24.5 Å². The van der Waals surface area contributed by atoms with Gasteiger partial charge in [-0.1, -0.05) is 41.9 Å². The van der Waals surface area contributed by atoms with E-state index in [1.807, 2.05) is 24.3 Å². The van der Waals surface area contributed by atoms with Crippen LogP contribution in [0.2, 0.25) is 5.02 Å². The van der Waals surface area contributed by atoms with E-state index in [1.165, 1.54) is 12.1 Å². The van der Waals surface area contributed by atoms with Gasteiger partial charge in [-0.2, -0.15) is 5.10 Å². The number of ether oxygens (including phenoxy) is 1. The number of hydrogen-bond donors (Lipinski definition) is 0. The van der Waals surface area contributed by atoms with E-state index in [1.54, 1.807) is 46.8 Å². The van der Waals surface area contributed by atoms with Crippen molar-refractivity contribution in [3.8, 4) is 11.1 Å². The molecule has 0 unspecified atom stereocenters. The molecule has 0 fully saturated rings. The second-order valence-corrected chi connectivity index (χ2v) is 7.80. The van der Waals surface area contributed by atoms with Gasteiger partial charge in [-0.15, -0.1) is 0 Å². The molecular weight excluding hydrogens is 431 g/mol. The van der Waals surface area contributed by atoms with Crippen molar-refractivity contribution in [2.75, 3.05) is 7.11 Å². The summed E-state index contributed by atoms with van der Waals surface area (Å²) in [5.41, 5.74) is 4.02. The normalized spacial score (nSPS) is 11.5. The van der Waals surface area contributed by atoms with Gasteiger partial charge in [0.05, 0.1) is 35.3 Å². The number of pyridine rings is 1. The summed E-state index contributed by atoms with van der Waals surface area (Å²) < 4.78 is 22.0. The Balaban J connectivity index is 1.69. The summed E-state index contributed by atoms with van der Waals surface area (Å²) in [6.07, 6.45) is 3.28. The van der Waals surface area contributed by atoms with Crippen LogP contribution in [0.25, 0.3) is 27.7 Å². The van der Waals surface area contributed by atoms with Crippen molar-refractivity contribution in [2.45, 2.75) is 13.2 Å². The van der Waals surface area contributed by atoms with Crippen LogP contribution in [0.1, 0.15) is 11.3 Å². The molecule has 5 aromatic rings. The maximum Gasteiger partial charge on any atom is 0.261 e. The molecule has 0 aliphatic rings. The van der Waals surface area contributed by atoms with E-state index < -0.39 is 0 Å². The lowest BCUT2D eigenvalue weighted by atomic mass is 10.1. The SMILES string of the molecule is COCc1nn2c(ncc3c(=O)n(Cc4ccccc4Cl)ccc32)c1-c1ccc(F)cc1. The van der Waals surface area contributed by atoms with Crippen molar-refractivity contribution in [2.24, 2.45) is 0 Å². The molecule has 0 bridgehead atoms. The quantitative estimate of drug-likeness (QED) is 0.391. The molecule has 8 heteroatoms. The molecule has 0 aliphatic carbocycles. The Morgan fingerprint density at radius 1 is 1.09 bits per heavy atom. The molecule has 6 nitrogen and oxygen atoms in total. The summed E-state index contributed by atoms with van der Waals surface area (Å²) >= 11 is 6.26. The van der Waals surface area contributed by atoms with Gasteiger partial charge in [-0.3, -0.25) is 4.79 Å². The van der Waals surface area contributed by atoms with Crippen LogP contribution in [-0.4, -0.2) is 26.3 Å². The average Bonchev–Trinajstić information content (AvgIpc) is 3.16. The third kappa shape index (κ3) is 3.45. The van der Waals surface area contributed by atoms with Gasteiger partial charge in [0.15, 0.2) is 5.65 Å². The predicted octanol–water partition coefficient (Wildman–Crippen LogP) is 4.70. The molecule has 32 heavy (non-hydrogen) atoms. The Bertz CT molecular complexity index is 1510. The van der Waals surface area contributed by atoms with Crippen LogP contribution < -0.4 is 5.56 Å². The lowest BCUT2D eigenvalue weighted by Gasteiger charge is -2.09. The lowest BCUT2D eigenvalue weighted by molar-refractivity contribution is 0.181. The zero-order chi connectivity index (χ0) is 22.2. The highest BCUT2D eigenvalue weighted by molar-refractivity contribution is 6.31. The first-order chi connectivity index (χ1) is 15.6. The van der Waals surface area contributed by atoms with Crippen LogP contribution in [0.3, 0.4) is 0 Å². The molecule has 0 saturated carbocycles. The zero-order valence-corrected chi connectivity index (χ0v) is 17.9. The van der Waals surface area contributed by atoms with E-state index in [9.17, 15) is 9.18 Å². The predicted molar refractivity (Wildman–Crippen MR) is 121 cm³/mol. The molecule has 0 aliphatic heterocycles. The minimum absolute atomic E-state index is 0.191. The molecule has 0 atom stereocenters. The fourth-order valence-corrected chi connectivity index (χ4v) is 4.03. The molecule has 0 amide bonds. The summed E-state index contributed by atoms with van der Waals surface area (Å²) in [6, 6.07) is 15.4. The minimum atomic E-state index is -0.323.